The quantitative estimate of drug-likeness (QED) is 0.783. The summed E-state index contributed by atoms with van der Waals surface area (Å²) < 4.78 is 5.54. The molecule has 1 atom stereocenters. The molecule has 2 nitrogen and oxygen atoms in total. The van der Waals surface area contributed by atoms with Crippen molar-refractivity contribution >= 4 is 23.4 Å². The van der Waals surface area contributed by atoms with Crippen LogP contribution in [0.4, 0.5) is 0 Å². The summed E-state index contributed by atoms with van der Waals surface area (Å²) in [5, 5.41) is 1.15. The molecule has 0 radical (unpaired) electrons. The van der Waals surface area contributed by atoms with Crippen molar-refractivity contribution in [3.05, 3.63) is 29.3 Å². The van der Waals surface area contributed by atoms with Crippen molar-refractivity contribution < 1.29 is 4.74 Å². The maximum Gasteiger partial charge on any atom is 0.137 e. The van der Waals surface area contributed by atoms with Gasteiger partial charge >= 0.3 is 0 Å². The van der Waals surface area contributed by atoms with E-state index in [4.69, 9.17) is 22.1 Å². The molecule has 0 bridgehead atoms. The number of nitrogens with two attached hydrogens (primary N) is 1. The van der Waals surface area contributed by atoms with Gasteiger partial charge in [0.1, 0.15) is 5.75 Å². The Morgan fingerprint density at radius 1 is 1.47 bits per heavy atom. The molecule has 1 aromatic carbocycles. The molecule has 84 valence electrons. The molecule has 15 heavy (non-hydrogen) atoms. The van der Waals surface area contributed by atoms with E-state index in [2.05, 4.69) is 6.92 Å². The van der Waals surface area contributed by atoms with Gasteiger partial charge in [-0.05, 0) is 12.1 Å². The zero-order valence-corrected chi connectivity index (χ0v) is 10.4. The van der Waals surface area contributed by atoms with Crippen LogP contribution in [0.25, 0.3) is 0 Å². The molecule has 0 aliphatic heterocycles. The fourth-order valence-corrected chi connectivity index (χ4v) is 1.94. The lowest BCUT2D eigenvalue weighted by Gasteiger charge is -2.10. The topological polar surface area (TPSA) is 35.2 Å². The molecule has 0 amide bonds. The lowest BCUT2D eigenvalue weighted by atomic mass is 10.3. The summed E-state index contributed by atoms with van der Waals surface area (Å²) >= 11 is 7.75. The highest BCUT2D eigenvalue weighted by molar-refractivity contribution is 7.99. The Kier molecular flexibility index (Phi) is 5.91. The minimum Gasteiger partial charge on any atom is -0.491 e. The minimum absolute atomic E-state index is 0.486. The van der Waals surface area contributed by atoms with Crippen molar-refractivity contribution in [2.75, 3.05) is 18.9 Å². The summed E-state index contributed by atoms with van der Waals surface area (Å²) in [6.07, 6.45) is 0. The van der Waals surface area contributed by atoms with Gasteiger partial charge in [0, 0.05) is 17.5 Å². The van der Waals surface area contributed by atoms with Gasteiger partial charge in [0.05, 0.1) is 11.6 Å². The Labute approximate surface area is 100 Å². The molecular weight excluding hydrogens is 230 g/mol. The number of hydrogen-bond acceptors (Lipinski definition) is 3. The van der Waals surface area contributed by atoms with Crippen LogP contribution in [0.5, 0.6) is 5.75 Å². The van der Waals surface area contributed by atoms with Crippen LogP contribution in [0, 0.1) is 0 Å². The van der Waals surface area contributed by atoms with E-state index in [9.17, 15) is 0 Å². The van der Waals surface area contributed by atoms with E-state index in [-0.39, 0.29) is 0 Å². The van der Waals surface area contributed by atoms with Gasteiger partial charge in [-0.3, -0.25) is 0 Å². The van der Waals surface area contributed by atoms with Gasteiger partial charge < -0.3 is 10.5 Å². The van der Waals surface area contributed by atoms with Crippen molar-refractivity contribution in [3.63, 3.8) is 0 Å². The molecule has 0 saturated carbocycles. The second kappa shape index (κ2) is 6.99. The molecule has 1 rings (SSSR count). The third-order valence-electron chi connectivity index (χ3n) is 1.91. The van der Waals surface area contributed by atoms with Crippen LogP contribution in [0.2, 0.25) is 5.02 Å². The molecule has 0 fully saturated rings. The zero-order chi connectivity index (χ0) is 11.1. The number of para-hydroxylation sites is 1. The fraction of sp³-hybridized carbons (Fsp3) is 0.455. The van der Waals surface area contributed by atoms with Gasteiger partial charge in [0.15, 0.2) is 0 Å². The highest BCUT2D eigenvalue weighted by Crippen LogP contribution is 2.23. The predicted octanol–water partition coefficient (Wildman–Crippen LogP) is 2.80. The van der Waals surface area contributed by atoms with Crippen molar-refractivity contribution in [2.24, 2.45) is 5.73 Å². The first-order valence-corrected chi connectivity index (χ1v) is 6.35. The molecule has 0 heterocycles. The first-order chi connectivity index (χ1) is 7.24. The molecule has 4 heteroatoms. The van der Waals surface area contributed by atoms with E-state index in [1.807, 2.05) is 36.0 Å². The Balaban J connectivity index is 2.23. The summed E-state index contributed by atoms with van der Waals surface area (Å²) in [5.41, 5.74) is 5.51. The zero-order valence-electron chi connectivity index (χ0n) is 8.78. The Bertz CT molecular complexity index is 296. The Hall–Kier alpha value is -0.380. The number of halogens is 1. The summed E-state index contributed by atoms with van der Waals surface area (Å²) in [6, 6.07) is 7.50. The van der Waals surface area contributed by atoms with Crippen molar-refractivity contribution in [3.8, 4) is 5.75 Å². The molecule has 1 aromatic rings. The van der Waals surface area contributed by atoms with E-state index in [1.54, 1.807) is 0 Å². The number of hydrogen-bond donors (Lipinski definition) is 1. The second-order valence-corrected chi connectivity index (χ2v) is 5.15. The van der Waals surface area contributed by atoms with Crippen LogP contribution in [-0.4, -0.2) is 24.2 Å². The minimum atomic E-state index is 0.486. The normalized spacial score (nSPS) is 12.5. The molecule has 0 spiro atoms. The SMILES string of the molecule is CC(CN)SCCOc1ccccc1Cl. The van der Waals surface area contributed by atoms with Gasteiger partial charge in [-0.15, -0.1) is 0 Å². The second-order valence-electron chi connectivity index (χ2n) is 3.20. The van der Waals surface area contributed by atoms with Gasteiger partial charge in [0.25, 0.3) is 0 Å². The maximum atomic E-state index is 5.94. The van der Waals surface area contributed by atoms with Crippen LogP contribution in [0.15, 0.2) is 24.3 Å². The van der Waals surface area contributed by atoms with Crippen molar-refractivity contribution in [2.45, 2.75) is 12.2 Å². The molecular formula is C11H16ClNOS. The van der Waals surface area contributed by atoms with E-state index < -0.39 is 0 Å². The van der Waals surface area contributed by atoms with E-state index >= 15 is 0 Å². The molecule has 1 unspecified atom stereocenters. The molecule has 0 aliphatic carbocycles. The predicted molar refractivity (Wildman–Crippen MR) is 67.9 cm³/mol. The summed E-state index contributed by atoms with van der Waals surface area (Å²) in [4.78, 5) is 0. The third-order valence-corrected chi connectivity index (χ3v) is 3.39. The van der Waals surface area contributed by atoms with E-state index in [0.717, 1.165) is 11.5 Å². The smallest absolute Gasteiger partial charge is 0.137 e. The molecule has 0 aliphatic rings. The third kappa shape index (κ3) is 4.78. The summed E-state index contributed by atoms with van der Waals surface area (Å²) in [5.74, 6) is 1.68. The monoisotopic (exact) mass is 245 g/mol. The van der Waals surface area contributed by atoms with E-state index in [1.165, 1.54) is 0 Å². The Morgan fingerprint density at radius 3 is 2.87 bits per heavy atom. The molecule has 2 N–H and O–H groups in total. The standard InChI is InChI=1S/C11H16ClNOS/c1-9(8-13)15-7-6-14-11-5-3-2-4-10(11)12/h2-5,9H,6-8,13H2,1H3. The number of rotatable bonds is 6. The highest BCUT2D eigenvalue weighted by atomic mass is 35.5. The average molecular weight is 246 g/mol. The van der Waals surface area contributed by atoms with Crippen LogP contribution < -0.4 is 10.5 Å². The first-order valence-electron chi connectivity index (χ1n) is 4.93. The first kappa shape index (κ1) is 12.7. The Morgan fingerprint density at radius 2 is 2.20 bits per heavy atom. The fourth-order valence-electron chi connectivity index (χ4n) is 1.03. The lowest BCUT2D eigenvalue weighted by molar-refractivity contribution is 0.344. The summed E-state index contributed by atoms with van der Waals surface area (Å²) in [7, 11) is 0. The lowest BCUT2D eigenvalue weighted by Crippen LogP contribution is -2.14. The van der Waals surface area contributed by atoms with Crippen LogP contribution in [-0.2, 0) is 0 Å². The summed E-state index contributed by atoms with van der Waals surface area (Å²) in [6.45, 7) is 3.48. The van der Waals surface area contributed by atoms with E-state index in [0.29, 0.717) is 23.4 Å². The number of thioether (sulfide) groups is 1. The van der Waals surface area contributed by atoms with Crippen LogP contribution >= 0.6 is 23.4 Å². The van der Waals surface area contributed by atoms with Gasteiger partial charge in [-0.2, -0.15) is 11.8 Å². The maximum absolute atomic E-state index is 5.94. The van der Waals surface area contributed by atoms with Gasteiger partial charge in [-0.1, -0.05) is 30.7 Å². The average Bonchev–Trinajstić information content (AvgIpc) is 2.26. The molecule has 0 aromatic heterocycles. The number of benzene rings is 1. The van der Waals surface area contributed by atoms with Crippen molar-refractivity contribution in [1.29, 1.82) is 0 Å². The van der Waals surface area contributed by atoms with Crippen molar-refractivity contribution in [1.82, 2.24) is 0 Å². The van der Waals surface area contributed by atoms with Crippen LogP contribution in [0.1, 0.15) is 6.92 Å². The van der Waals surface area contributed by atoms with Gasteiger partial charge in [-0.25, -0.2) is 0 Å². The van der Waals surface area contributed by atoms with Gasteiger partial charge in [0.2, 0.25) is 0 Å². The van der Waals surface area contributed by atoms with Crippen LogP contribution in [0.3, 0.4) is 0 Å². The highest BCUT2D eigenvalue weighted by Gasteiger charge is 2.01. The molecule has 0 saturated heterocycles. The largest absolute Gasteiger partial charge is 0.491 e. The number of ether oxygens (including phenoxy) is 1.